The van der Waals surface area contributed by atoms with Gasteiger partial charge in [0, 0.05) is 5.92 Å². The highest BCUT2D eigenvalue weighted by atomic mass is 16.3. The van der Waals surface area contributed by atoms with E-state index in [2.05, 4.69) is 84.9 Å². The first-order chi connectivity index (χ1) is 13.8. The Bertz CT molecular complexity index is 1000. The summed E-state index contributed by atoms with van der Waals surface area (Å²) in [6.45, 7) is 0. The summed E-state index contributed by atoms with van der Waals surface area (Å²) >= 11 is 0. The van der Waals surface area contributed by atoms with Gasteiger partial charge in [0.05, 0.1) is 0 Å². The van der Waals surface area contributed by atoms with Crippen molar-refractivity contribution >= 4 is 0 Å². The fourth-order valence-corrected chi connectivity index (χ4v) is 3.76. The predicted molar refractivity (Wildman–Crippen MR) is 117 cm³/mol. The highest BCUT2D eigenvalue weighted by Crippen LogP contribution is 2.31. The summed E-state index contributed by atoms with van der Waals surface area (Å²) in [6.07, 6.45) is 2.12. The summed E-state index contributed by atoms with van der Waals surface area (Å²) in [5.41, 5.74) is 6.20. The van der Waals surface area contributed by atoms with Gasteiger partial charge in [0.15, 0.2) is 0 Å². The molecule has 0 aromatic heterocycles. The molecule has 1 heteroatoms. The van der Waals surface area contributed by atoms with Crippen LogP contribution in [0.3, 0.4) is 0 Å². The van der Waals surface area contributed by atoms with E-state index in [1.807, 2.05) is 12.1 Å². The van der Waals surface area contributed by atoms with Gasteiger partial charge in [-0.1, -0.05) is 97.1 Å². The van der Waals surface area contributed by atoms with Crippen LogP contribution in [-0.2, 0) is 6.42 Å². The SMILES string of the molecule is Oc1cccc(-c2ccc(C(CCc3ccccc3)c3ccccc3)cc2)c1. The first-order valence-electron chi connectivity index (χ1n) is 9.78. The van der Waals surface area contributed by atoms with Crippen LogP contribution in [0.1, 0.15) is 29.0 Å². The Morgan fingerprint density at radius 2 is 1.21 bits per heavy atom. The molecule has 0 saturated heterocycles. The minimum absolute atomic E-state index is 0.298. The van der Waals surface area contributed by atoms with Crippen LogP contribution in [0, 0.1) is 0 Å². The number of benzene rings is 4. The Kier molecular flexibility index (Phi) is 5.53. The van der Waals surface area contributed by atoms with Crippen LogP contribution < -0.4 is 0 Å². The monoisotopic (exact) mass is 364 g/mol. The molecule has 1 unspecified atom stereocenters. The Morgan fingerprint density at radius 3 is 1.89 bits per heavy atom. The van der Waals surface area contributed by atoms with Crippen molar-refractivity contribution in [2.24, 2.45) is 0 Å². The molecule has 0 radical (unpaired) electrons. The molecule has 0 aliphatic carbocycles. The lowest BCUT2D eigenvalue weighted by molar-refractivity contribution is 0.475. The summed E-state index contributed by atoms with van der Waals surface area (Å²) in [7, 11) is 0. The first-order valence-corrected chi connectivity index (χ1v) is 9.78. The van der Waals surface area contributed by atoms with Gasteiger partial charge in [-0.25, -0.2) is 0 Å². The molecule has 1 nitrogen and oxygen atoms in total. The van der Waals surface area contributed by atoms with Gasteiger partial charge in [-0.05, 0) is 52.8 Å². The van der Waals surface area contributed by atoms with Crippen molar-refractivity contribution in [3.8, 4) is 16.9 Å². The second-order valence-corrected chi connectivity index (χ2v) is 7.16. The molecule has 4 aromatic rings. The van der Waals surface area contributed by atoms with E-state index in [1.165, 1.54) is 16.7 Å². The first kappa shape index (κ1) is 18.1. The van der Waals surface area contributed by atoms with Gasteiger partial charge in [0.2, 0.25) is 0 Å². The fourth-order valence-electron chi connectivity index (χ4n) is 3.76. The zero-order valence-electron chi connectivity index (χ0n) is 15.8. The number of phenols is 1. The normalized spacial score (nSPS) is 11.9. The maximum atomic E-state index is 9.74. The van der Waals surface area contributed by atoms with Crippen LogP contribution in [0.2, 0.25) is 0 Å². The van der Waals surface area contributed by atoms with Gasteiger partial charge >= 0.3 is 0 Å². The Hall–Kier alpha value is -3.32. The van der Waals surface area contributed by atoms with Gasteiger partial charge < -0.3 is 5.11 Å². The molecule has 4 rings (SSSR count). The van der Waals surface area contributed by atoms with E-state index in [0.29, 0.717) is 11.7 Å². The van der Waals surface area contributed by atoms with Crippen molar-refractivity contribution in [1.82, 2.24) is 0 Å². The second-order valence-electron chi connectivity index (χ2n) is 7.16. The van der Waals surface area contributed by atoms with Crippen molar-refractivity contribution in [2.75, 3.05) is 0 Å². The summed E-state index contributed by atoms with van der Waals surface area (Å²) in [5.74, 6) is 0.659. The van der Waals surface area contributed by atoms with Crippen LogP contribution >= 0.6 is 0 Å². The minimum atomic E-state index is 0.298. The van der Waals surface area contributed by atoms with Crippen molar-refractivity contribution in [2.45, 2.75) is 18.8 Å². The third-order valence-corrected chi connectivity index (χ3v) is 5.26. The van der Waals surface area contributed by atoms with E-state index < -0.39 is 0 Å². The molecule has 28 heavy (non-hydrogen) atoms. The number of aryl methyl sites for hydroxylation is 1. The second kappa shape index (κ2) is 8.58. The highest BCUT2D eigenvalue weighted by Gasteiger charge is 2.14. The molecule has 138 valence electrons. The van der Waals surface area contributed by atoms with E-state index in [-0.39, 0.29) is 0 Å². The lowest BCUT2D eigenvalue weighted by atomic mass is 9.85. The Morgan fingerprint density at radius 1 is 0.571 bits per heavy atom. The van der Waals surface area contributed by atoms with Gasteiger partial charge in [-0.3, -0.25) is 0 Å². The van der Waals surface area contributed by atoms with E-state index >= 15 is 0 Å². The fraction of sp³-hybridized carbons (Fsp3) is 0.111. The van der Waals surface area contributed by atoms with E-state index in [1.54, 1.807) is 12.1 Å². The van der Waals surface area contributed by atoms with Crippen LogP contribution in [0.4, 0.5) is 0 Å². The Labute approximate surface area is 166 Å². The van der Waals surface area contributed by atoms with Crippen LogP contribution in [-0.4, -0.2) is 5.11 Å². The van der Waals surface area contributed by atoms with Crippen molar-refractivity contribution < 1.29 is 5.11 Å². The molecule has 1 atom stereocenters. The zero-order chi connectivity index (χ0) is 19.2. The average Bonchev–Trinajstić information content (AvgIpc) is 2.76. The molecule has 0 aliphatic rings. The van der Waals surface area contributed by atoms with Crippen molar-refractivity contribution in [3.63, 3.8) is 0 Å². The lowest BCUT2D eigenvalue weighted by Crippen LogP contribution is -2.03. The summed E-state index contributed by atoms with van der Waals surface area (Å²) < 4.78 is 0. The number of phenolic OH excluding ortho intramolecular Hbond substituents is 1. The summed E-state index contributed by atoms with van der Waals surface area (Å²) in [6, 6.07) is 37.6. The number of hydrogen-bond donors (Lipinski definition) is 1. The zero-order valence-corrected chi connectivity index (χ0v) is 15.8. The van der Waals surface area contributed by atoms with Gasteiger partial charge in [-0.2, -0.15) is 0 Å². The summed E-state index contributed by atoms with van der Waals surface area (Å²) in [4.78, 5) is 0. The van der Waals surface area contributed by atoms with Gasteiger partial charge in [-0.15, -0.1) is 0 Å². The quantitative estimate of drug-likeness (QED) is 0.398. The van der Waals surface area contributed by atoms with Gasteiger partial charge in [0.25, 0.3) is 0 Å². The molecule has 0 fully saturated rings. The molecular weight excluding hydrogens is 340 g/mol. The highest BCUT2D eigenvalue weighted by molar-refractivity contribution is 5.65. The van der Waals surface area contributed by atoms with Crippen LogP contribution in [0.5, 0.6) is 5.75 Å². The van der Waals surface area contributed by atoms with Crippen LogP contribution in [0.15, 0.2) is 109 Å². The van der Waals surface area contributed by atoms with Crippen molar-refractivity contribution in [3.05, 3.63) is 126 Å². The van der Waals surface area contributed by atoms with E-state index in [0.717, 1.165) is 24.0 Å². The predicted octanol–water partition coefficient (Wildman–Crippen LogP) is 6.82. The molecule has 0 amide bonds. The third-order valence-electron chi connectivity index (χ3n) is 5.26. The summed E-state index contributed by atoms with van der Waals surface area (Å²) in [5, 5.41) is 9.74. The average molecular weight is 364 g/mol. The maximum absolute atomic E-state index is 9.74. The number of rotatable bonds is 6. The topological polar surface area (TPSA) is 20.2 Å². The molecular formula is C27H24O. The molecule has 0 heterocycles. The van der Waals surface area contributed by atoms with E-state index in [9.17, 15) is 5.11 Å². The molecule has 0 saturated carbocycles. The maximum Gasteiger partial charge on any atom is 0.116 e. The molecule has 0 bridgehead atoms. The molecule has 0 aliphatic heterocycles. The van der Waals surface area contributed by atoms with Crippen molar-refractivity contribution in [1.29, 1.82) is 0 Å². The smallest absolute Gasteiger partial charge is 0.116 e. The Balaban J connectivity index is 1.60. The number of aromatic hydroxyl groups is 1. The standard InChI is InChI=1S/C27H24O/c28-26-13-7-12-25(20-26)22-15-17-24(18-16-22)27(23-10-5-2-6-11-23)19-14-21-8-3-1-4-9-21/h1-13,15-18,20,27-28H,14,19H2. The van der Waals surface area contributed by atoms with Gasteiger partial charge in [0.1, 0.15) is 5.75 Å². The van der Waals surface area contributed by atoms with Crippen LogP contribution in [0.25, 0.3) is 11.1 Å². The molecule has 4 aromatic carbocycles. The molecule has 0 spiro atoms. The number of hydrogen-bond acceptors (Lipinski definition) is 1. The minimum Gasteiger partial charge on any atom is -0.508 e. The largest absolute Gasteiger partial charge is 0.508 e. The van der Waals surface area contributed by atoms with E-state index in [4.69, 9.17) is 0 Å². The lowest BCUT2D eigenvalue weighted by Gasteiger charge is -2.19. The third kappa shape index (κ3) is 4.32. The molecule has 1 N–H and O–H groups in total.